The van der Waals surface area contributed by atoms with E-state index in [2.05, 4.69) is 0 Å². The van der Waals surface area contributed by atoms with Gasteiger partial charge >= 0.3 is 5.97 Å². The lowest BCUT2D eigenvalue weighted by atomic mass is 10.3. The van der Waals surface area contributed by atoms with Crippen molar-refractivity contribution in [1.29, 1.82) is 0 Å². The average molecular weight is 234 g/mol. The fraction of sp³-hybridized carbons (Fsp3) is 0.222. The van der Waals surface area contributed by atoms with E-state index in [0.29, 0.717) is 15.8 Å². The molecule has 0 saturated carbocycles. The molecule has 0 spiro atoms. The minimum absolute atomic E-state index is 0.335. The summed E-state index contributed by atoms with van der Waals surface area (Å²) in [7, 11) is 0. The van der Waals surface area contributed by atoms with Crippen LogP contribution < -0.4 is 10.5 Å². The van der Waals surface area contributed by atoms with Crippen LogP contribution in [0.15, 0.2) is 18.2 Å². The van der Waals surface area contributed by atoms with Gasteiger partial charge < -0.3 is 10.5 Å². The molecule has 0 unspecified atom stereocenters. The van der Waals surface area contributed by atoms with Gasteiger partial charge in [0.1, 0.15) is 11.8 Å². The van der Waals surface area contributed by atoms with Crippen LogP contribution in [0.4, 0.5) is 0 Å². The molecule has 0 aromatic heterocycles. The van der Waals surface area contributed by atoms with Crippen molar-refractivity contribution < 1.29 is 9.53 Å². The SMILES string of the molecule is C[C@H](N)C(=O)Oc1ccc(Cl)c(Cl)c1. The molecule has 1 aromatic carbocycles. The molecule has 76 valence electrons. The van der Waals surface area contributed by atoms with Crippen molar-refractivity contribution in [3.63, 3.8) is 0 Å². The zero-order valence-corrected chi connectivity index (χ0v) is 8.97. The van der Waals surface area contributed by atoms with E-state index in [4.69, 9.17) is 33.7 Å². The molecular formula is C9H9Cl2NO2. The van der Waals surface area contributed by atoms with Gasteiger partial charge in [0.25, 0.3) is 0 Å². The van der Waals surface area contributed by atoms with Crippen molar-refractivity contribution in [2.75, 3.05) is 0 Å². The quantitative estimate of drug-likeness (QED) is 0.630. The maximum absolute atomic E-state index is 11.1. The first-order valence-electron chi connectivity index (χ1n) is 3.93. The number of benzene rings is 1. The molecule has 0 saturated heterocycles. The van der Waals surface area contributed by atoms with Gasteiger partial charge in [0.05, 0.1) is 10.0 Å². The summed E-state index contributed by atoms with van der Waals surface area (Å²) in [5.74, 6) is -0.176. The predicted molar refractivity (Wildman–Crippen MR) is 55.7 cm³/mol. The van der Waals surface area contributed by atoms with E-state index in [-0.39, 0.29) is 0 Å². The number of hydrogen-bond acceptors (Lipinski definition) is 3. The zero-order chi connectivity index (χ0) is 10.7. The molecule has 0 aliphatic carbocycles. The second kappa shape index (κ2) is 4.64. The number of ether oxygens (including phenoxy) is 1. The van der Waals surface area contributed by atoms with E-state index in [9.17, 15) is 4.79 Å². The molecule has 0 amide bonds. The molecule has 1 rings (SSSR count). The standard InChI is InChI=1S/C9H9Cl2NO2/c1-5(12)9(13)14-6-2-3-7(10)8(11)4-6/h2-5H,12H2,1H3/t5-/m0/s1. The maximum atomic E-state index is 11.1. The Balaban J connectivity index is 2.78. The minimum atomic E-state index is -0.663. The number of carbonyl (C=O) groups excluding carboxylic acids is 1. The van der Waals surface area contributed by atoms with Gasteiger partial charge in [0, 0.05) is 6.07 Å². The number of esters is 1. The second-order valence-corrected chi connectivity index (χ2v) is 3.60. The number of rotatable bonds is 2. The third-order valence-electron chi connectivity index (χ3n) is 1.48. The molecule has 1 aromatic rings. The third kappa shape index (κ3) is 2.87. The fourth-order valence-electron chi connectivity index (χ4n) is 0.749. The van der Waals surface area contributed by atoms with E-state index in [1.165, 1.54) is 6.07 Å². The van der Waals surface area contributed by atoms with Crippen LogP contribution in [0.1, 0.15) is 6.92 Å². The second-order valence-electron chi connectivity index (χ2n) is 2.79. The van der Waals surface area contributed by atoms with Crippen LogP contribution in [0.2, 0.25) is 10.0 Å². The summed E-state index contributed by atoms with van der Waals surface area (Å²) in [5.41, 5.74) is 5.32. The number of carbonyl (C=O) groups is 1. The van der Waals surface area contributed by atoms with Crippen molar-refractivity contribution in [3.8, 4) is 5.75 Å². The molecule has 0 aliphatic rings. The summed E-state index contributed by atoms with van der Waals surface area (Å²) in [6, 6.07) is 3.90. The topological polar surface area (TPSA) is 52.3 Å². The van der Waals surface area contributed by atoms with E-state index in [0.717, 1.165) is 0 Å². The van der Waals surface area contributed by atoms with Crippen LogP contribution in [0.25, 0.3) is 0 Å². The summed E-state index contributed by atoms with van der Waals surface area (Å²) in [6.45, 7) is 1.54. The normalized spacial score (nSPS) is 12.3. The van der Waals surface area contributed by atoms with Gasteiger partial charge in [-0.05, 0) is 19.1 Å². The minimum Gasteiger partial charge on any atom is -0.425 e. The van der Waals surface area contributed by atoms with Gasteiger partial charge in [-0.25, -0.2) is 4.79 Å². The van der Waals surface area contributed by atoms with Crippen LogP contribution in [-0.4, -0.2) is 12.0 Å². The highest BCUT2D eigenvalue weighted by atomic mass is 35.5. The van der Waals surface area contributed by atoms with Gasteiger partial charge in [-0.2, -0.15) is 0 Å². The average Bonchev–Trinajstić information content (AvgIpc) is 2.11. The first kappa shape index (κ1) is 11.3. The fourth-order valence-corrected chi connectivity index (χ4v) is 1.04. The Labute approximate surface area is 91.7 Å². The Kier molecular flexibility index (Phi) is 3.75. The largest absolute Gasteiger partial charge is 0.425 e. The molecule has 1 atom stereocenters. The Hall–Kier alpha value is -0.770. The summed E-state index contributed by atoms with van der Waals surface area (Å²) in [5, 5.41) is 0.744. The first-order valence-corrected chi connectivity index (χ1v) is 4.68. The van der Waals surface area contributed by atoms with Crippen molar-refractivity contribution >= 4 is 29.2 Å². The number of hydrogen-bond donors (Lipinski definition) is 1. The lowest BCUT2D eigenvalue weighted by Crippen LogP contribution is -2.30. The van der Waals surface area contributed by atoms with Crippen molar-refractivity contribution in [2.24, 2.45) is 5.73 Å². The summed E-state index contributed by atoms with van der Waals surface area (Å²) < 4.78 is 4.90. The Morgan fingerprint density at radius 1 is 1.43 bits per heavy atom. The van der Waals surface area contributed by atoms with Gasteiger partial charge in [-0.3, -0.25) is 0 Å². The van der Waals surface area contributed by atoms with E-state index < -0.39 is 12.0 Å². The van der Waals surface area contributed by atoms with Crippen molar-refractivity contribution in [3.05, 3.63) is 28.2 Å². The molecular weight excluding hydrogens is 225 g/mol. The lowest BCUT2D eigenvalue weighted by Gasteiger charge is -2.06. The van der Waals surface area contributed by atoms with E-state index >= 15 is 0 Å². The van der Waals surface area contributed by atoms with Gasteiger partial charge in [-0.15, -0.1) is 0 Å². The van der Waals surface area contributed by atoms with E-state index in [1.54, 1.807) is 19.1 Å². The highest BCUT2D eigenvalue weighted by Crippen LogP contribution is 2.26. The Bertz CT molecular complexity index is 353. The molecule has 0 radical (unpaired) electrons. The molecule has 0 aliphatic heterocycles. The van der Waals surface area contributed by atoms with Gasteiger partial charge in [-0.1, -0.05) is 23.2 Å². The Morgan fingerprint density at radius 2 is 2.07 bits per heavy atom. The van der Waals surface area contributed by atoms with Crippen LogP contribution in [0.5, 0.6) is 5.75 Å². The van der Waals surface area contributed by atoms with Crippen LogP contribution in [0, 0.1) is 0 Å². The van der Waals surface area contributed by atoms with Crippen molar-refractivity contribution in [1.82, 2.24) is 0 Å². The molecule has 5 heteroatoms. The summed E-state index contributed by atoms with van der Waals surface area (Å²) in [4.78, 5) is 11.1. The maximum Gasteiger partial charge on any atom is 0.328 e. The van der Waals surface area contributed by atoms with Gasteiger partial charge in [0.15, 0.2) is 0 Å². The predicted octanol–water partition coefficient (Wildman–Crippen LogP) is 2.25. The zero-order valence-electron chi connectivity index (χ0n) is 7.46. The third-order valence-corrected chi connectivity index (χ3v) is 2.22. The Morgan fingerprint density at radius 3 is 2.57 bits per heavy atom. The number of nitrogens with two attached hydrogens (primary N) is 1. The molecule has 2 N–H and O–H groups in total. The molecule has 0 heterocycles. The highest BCUT2D eigenvalue weighted by Gasteiger charge is 2.10. The summed E-state index contributed by atoms with van der Waals surface area (Å²) >= 11 is 11.4. The van der Waals surface area contributed by atoms with Crippen LogP contribution >= 0.6 is 23.2 Å². The van der Waals surface area contributed by atoms with Crippen LogP contribution in [-0.2, 0) is 4.79 Å². The van der Waals surface area contributed by atoms with Crippen LogP contribution in [0.3, 0.4) is 0 Å². The smallest absolute Gasteiger partial charge is 0.328 e. The number of halogens is 2. The monoisotopic (exact) mass is 233 g/mol. The van der Waals surface area contributed by atoms with Crippen molar-refractivity contribution in [2.45, 2.75) is 13.0 Å². The molecule has 3 nitrogen and oxygen atoms in total. The first-order chi connectivity index (χ1) is 6.50. The lowest BCUT2D eigenvalue weighted by molar-refractivity contribution is -0.135. The highest BCUT2D eigenvalue weighted by molar-refractivity contribution is 6.42. The molecule has 0 bridgehead atoms. The van der Waals surface area contributed by atoms with Gasteiger partial charge in [0.2, 0.25) is 0 Å². The van der Waals surface area contributed by atoms with E-state index in [1.807, 2.05) is 0 Å². The molecule has 14 heavy (non-hydrogen) atoms. The summed E-state index contributed by atoms with van der Waals surface area (Å²) in [6.07, 6.45) is 0. The molecule has 0 fully saturated rings.